The lowest BCUT2D eigenvalue weighted by Crippen LogP contribution is -2.07. The predicted molar refractivity (Wildman–Crippen MR) is 82.7 cm³/mol. The number of ether oxygens (including phenoxy) is 3. The predicted octanol–water partition coefficient (Wildman–Crippen LogP) is 3.43. The van der Waals surface area contributed by atoms with Crippen molar-refractivity contribution in [2.45, 2.75) is 20.8 Å². The van der Waals surface area contributed by atoms with E-state index < -0.39 is 0 Å². The van der Waals surface area contributed by atoms with Crippen molar-refractivity contribution in [3.63, 3.8) is 0 Å². The molecule has 0 aliphatic heterocycles. The molecule has 0 radical (unpaired) electrons. The van der Waals surface area contributed by atoms with Crippen LogP contribution in [0.25, 0.3) is 0 Å². The van der Waals surface area contributed by atoms with Gasteiger partial charge in [-0.25, -0.2) is 0 Å². The summed E-state index contributed by atoms with van der Waals surface area (Å²) in [7, 11) is 0. The van der Waals surface area contributed by atoms with Gasteiger partial charge in [-0.15, -0.1) is 0 Å². The fourth-order valence-electron chi connectivity index (χ4n) is 1.76. The average molecular weight is 298 g/mol. The van der Waals surface area contributed by atoms with E-state index in [9.17, 15) is 4.79 Å². The molecule has 1 aromatic rings. The molecule has 0 N–H and O–H groups in total. The number of ketones is 1. The van der Waals surface area contributed by atoms with Gasteiger partial charge in [0.15, 0.2) is 17.3 Å². The summed E-state index contributed by atoms with van der Waals surface area (Å²) in [5.74, 6) is 2.18. The van der Waals surface area contributed by atoms with Crippen LogP contribution in [0.2, 0.25) is 0 Å². The molecule has 20 heavy (non-hydrogen) atoms. The number of hydrogen-bond acceptors (Lipinski definition) is 5. The van der Waals surface area contributed by atoms with Crippen molar-refractivity contribution in [1.29, 1.82) is 0 Å². The van der Waals surface area contributed by atoms with Gasteiger partial charge in [-0.1, -0.05) is 0 Å². The third-order valence-electron chi connectivity index (χ3n) is 2.51. The van der Waals surface area contributed by atoms with E-state index >= 15 is 0 Å². The van der Waals surface area contributed by atoms with E-state index in [4.69, 9.17) is 14.2 Å². The zero-order valence-corrected chi connectivity index (χ0v) is 13.3. The Balaban J connectivity index is 3.25. The molecule has 0 saturated carbocycles. The third kappa shape index (κ3) is 4.34. The second-order valence-corrected chi connectivity index (χ2v) is 4.82. The van der Waals surface area contributed by atoms with E-state index in [0.717, 1.165) is 0 Å². The Kier molecular flexibility index (Phi) is 7.30. The third-order valence-corrected chi connectivity index (χ3v) is 3.06. The second-order valence-electron chi connectivity index (χ2n) is 3.96. The lowest BCUT2D eigenvalue weighted by atomic mass is 10.1. The van der Waals surface area contributed by atoms with E-state index in [2.05, 4.69) is 0 Å². The van der Waals surface area contributed by atoms with Crippen LogP contribution >= 0.6 is 11.8 Å². The lowest BCUT2D eigenvalue weighted by Gasteiger charge is -2.16. The Bertz CT molecular complexity index is 418. The minimum absolute atomic E-state index is 0.0578. The molecule has 1 aromatic carbocycles. The van der Waals surface area contributed by atoms with Crippen LogP contribution in [0, 0.1) is 0 Å². The van der Waals surface area contributed by atoms with E-state index in [1.54, 1.807) is 12.1 Å². The molecule has 0 unspecified atom stereocenters. The highest BCUT2D eigenvalue weighted by Gasteiger charge is 2.17. The summed E-state index contributed by atoms with van der Waals surface area (Å²) in [6.07, 6.45) is 1.90. The molecule has 0 amide bonds. The molecule has 0 spiro atoms. The van der Waals surface area contributed by atoms with Crippen molar-refractivity contribution < 1.29 is 19.0 Å². The van der Waals surface area contributed by atoms with Crippen molar-refractivity contribution >= 4 is 17.5 Å². The first-order valence-electron chi connectivity index (χ1n) is 6.76. The van der Waals surface area contributed by atoms with Crippen LogP contribution in [0.1, 0.15) is 31.1 Å². The molecule has 0 atom stereocenters. The number of benzene rings is 1. The molecule has 0 aliphatic carbocycles. The first-order valence-corrected chi connectivity index (χ1v) is 8.15. The number of carbonyl (C=O) groups is 1. The van der Waals surface area contributed by atoms with Gasteiger partial charge in [0.05, 0.1) is 25.6 Å². The van der Waals surface area contributed by atoms with Crippen molar-refractivity contribution in [3.8, 4) is 17.2 Å². The standard InChI is InChI=1S/C15H22O4S/c1-5-17-13-8-11(12(16)10-20-4)9-14(18-6-2)15(13)19-7-3/h8-9H,5-7,10H2,1-4H3. The van der Waals surface area contributed by atoms with Crippen LogP contribution < -0.4 is 14.2 Å². The lowest BCUT2D eigenvalue weighted by molar-refractivity contribution is 0.102. The van der Waals surface area contributed by atoms with E-state index in [-0.39, 0.29) is 5.78 Å². The highest BCUT2D eigenvalue weighted by atomic mass is 32.2. The molecular formula is C15H22O4S. The van der Waals surface area contributed by atoms with Gasteiger partial charge in [0.1, 0.15) is 0 Å². The van der Waals surface area contributed by atoms with Crippen LogP contribution in [0.5, 0.6) is 17.2 Å². The maximum atomic E-state index is 12.1. The molecule has 0 bridgehead atoms. The van der Waals surface area contributed by atoms with Crippen LogP contribution in [-0.4, -0.2) is 37.6 Å². The van der Waals surface area contributed by atoms with Crippen molar-refractivity contribution in [2.24, 2.45) is 0 Å². The van der Waals surface area contributed by atoms with E-state index in [1.165, 1.54) is 11.8 Å². The largest absolute Gasteiger partial charge is 0.490 e. The van der Waals surface area contributed by atoms with E-state index in [0.29, 0.717) is 48.4 Å². The Hall–Kier alpha value is -1.36. The van der Waals surface area contributed by atoms with Crippen LogP contribution in [0.4, 0.5) is 0 Å². The number of thioether (sulfide) groups is 1. The topological polar surface area (TPSA) is 44.8 Å². The molecule has 0 aromatic heterocycles. The summed E-state index contributed by atoms with van der Waals surface area (Å²) in [6.45, 7) is 7.22. The van der Waals surface area contributed by atoms with Gasteiger partial charge < -0.3 is 14.2 Å². The Labute approximate surface area is 124 Å². The van der Waals surface area contributed by atoms with E-state index in [1.807, 2.05) is 27.0 Å². The normalized spacial score (nSPS) is 10.2. The maximum Gasteiger partial charge on any atom is 0.203 e. The summed E-state index contributed by atoms with van der Waals surface area (Å²) in [5.41, 5.74) is 0.592. The molecule has 0 aliphatic rings. The van der Waals surface area contributed by atoms with Crippen LogP contribution in [0.15, 0.2) is 12.1 Å². The zero-order chi connectivity index (χ0) is 15.0. The monoisotopic (exact) mass is 298 g/mol. The smallest absolute Gasteiger partial charge is 0.203 e. The van der Waals surface area contributed by atoms with Crippen LogP contribution in [-0.2, 0) is 0 Å². The average Bonchev–Trinajstić information content (AvgIpc) is 2.43. The van der Waals surface area contributed by atoms with Crippen molar-refractivity contribution in [2.75, 3.05) is 31.8 Å². The minimum Gasteiger partial charge on any atom is -0.490 e. The second kappa shape index (κ2) is 8.74. The first-order chi connectivity index (χ1) is 9.67. The molecule has 5 heteroatoms. The zero-order valence-electron chi connectivity index (χ0n) is 12.5. The van der Waals surface area contributed by atoms with Gasteiger partial charge in [-0.2, -0.15) is 11.8 Å². The highest BCUT2D eigenvalue weighted by molar-refractivity contribution is 7.99. The van der Waals surface area contributed by atoms with Gasteiger partial charge in [0.2, 0.25) is 5.75 Å². The summed E-state index contributed by atoms with van der Waals surface area (Å²) < 4.78 is 16.8. The Morgan fingerprint density at radius 1 is 1.00 bits per heavy atom. The van der Waals surface area contributed by atoms with Gasteiger partial charge in [-0.05, 0) is 39.2 Å². The minimum atomic E-state index is 0.0578. The molecule has 1 rings (SSSR count). The summed E-state index contributed by atoms with van der Waals surface area (Å²) in [4.78, 5) is 12.1. The van der Waals surface area contributed by atoms with Gasteiger partial charge >= 0.3 is 0 Å². The Morgan fingerprint density at radius 2 is 1.50 bits per heavy atom. The molecule has 0 fully saturated rings. The Morgan fingerprint density at radius 3 is 1.90 bits per heavy atom. The molecule has 0 heterocycles. The fourth-order valence-corrected chi connectivity index (χ4v) is 2.19. The summed E-state index contributed by atoms with van der Waals surface area (Å²) >= 11 is 1.50. The van der Waals surface area contributed by atoms with Gasteiger partial charge in [0.25, 0.3) is 0 Å². The van der Waals surface area contributed by atoms with Gasteiger partial charge in [-0.3, -0.25) is 4.79 Å². The summed E-state index contributed by atoms with van der Waals surface area (Å²) in [5, 5.41) is 0. The SMILES string of the molecule is CCOc1cc(C(=O)CSC)cc(OCC)c1OCC. The molecular weight excluding hydrogens is 276 g/mol. The number of rotatable bonds is 9. The highest BCUT2D eigenvalue weighted by Crippen LogP contribution is 2.39. The first kappa shape index (κ1) is 16.7. The number of hydrogen-bond donors (Lipinski definition) is 0. The maximum absolute atomic E-state index is 12.1. The van der Waals surface area contributed by atoms with Gasteiger partial charge in [0, 0.05) is 5.56 Å². The van der Waals surface area contributed by atoms with Crippen molar-refractivity contribution in [1.82, 2.24) is 0 Å². The fraction of sp³-hybridized carbons (Fsp3) is 0.533. The quantitative estimate of drug-likeness (QED) is 0.654. The number of carbonyl (C=O) groups excluding carboxylic acids is 1. The summed E-state index contributed by atoms with van der Waals surface area (Å²) in [6, 6.07) is 3.46. The molecule has 0 saturated heterocycles. The van der Waals surface area contributed by atoms with Crippen LogP contribution in [0.3, 0.4) is 0 Å². The van der Waals surface area contributed by atoms with Crippen molar-refractivity contribution in [3.05, 3.63) is 17.7 Å². The molecule has 4 nitrogen and oxygen atoms in total. The number of Topliss-reactive ketones (excluding diaryl/α,β-unsaturated/α-hetero) is 1. The molecule has 112 valence electrons.